The van der Waals surface area contributed by atoms with Gasteiger partial charge in [-0.15, -0.1) is 0 Å². The molecule has 0 saturated heterocycles. The normalized spacial score (nSPS) is 12.5. The van der Waals surface area contributed by atoms with Crippen molar-refractivity contribution in [3.05, 3.63) is 59.1 Å². The number of alkyl halides is 3. The van der Waals surface area contributed by atoms with E-state index in [-0.39, 0.29) is 5.69 Å². The SMILES string of the molecule is CC[C@@H](Oc1ccc(Cl)cc1)C(=O)Nc1ccccc1C(F)(F)F. The smallest absolute Gasteiger partial charge is 0.418 e. The molecule has 2 aromatic carbocycles. The summed E-state index contributed by atoms with van der Waals surface area (Å²) in [6.45, 7) is 1.70. The third kappa shape index (κ3) is 4.64. The maximum atomic E-state index is 13.0. The van der Waals surface area contributed by atoms with Gasteiger partial charge in [0.05, 0.1) is 11.3 Å². The van der Waals surface area contributed by atoms with E-state index in [0.717, 1.165) is 6.07 Å². The lowest BCUT2D eigenvalue weighted by Crippen LogP contribution is -2.33. The molecule has 1 N–H and O–H groups in total. The average molecular weight is 358 g/mol. The first-order valence-corrected chi connectivity index (χ1v) is 7.58. The van der Waals surface area contributed by atoms with Gasteiger partial charge in [0.25, 0.3) is 5.91 Å². The molecule has 0 bridgehead atoms. The number of carbonyl (C=O) groups is 1. The molecular weight excluding hydrogens is 343 g/mol. The lowest BCUT2D eigenvalue weighted by Gasteiger charge is -2.19. The number of amides is 1. The monoisotopic (exact) mass is 357 g/mol. The zero-order chi connectivity index (χ0) is 17.7. The highest BCUT2D eigenvalue weighted by atomic mass is 35.5. The summed E-state index contributed by atoms with van der Waals surface area (Å²) in [5.74, 6) is -0.241. The van der Waals surface area contributed by atoms with Crippen LogP contribution in [0.15, 0.2) is 48.5 Å². The van der Waals surface area contributed by atoms with Crippen LogP contribution in [0.25, 0.3) is 0 Å². The van der Waals surface area contributed by atoms with Crippen LogP contribution >= 0.6 is 11.6 Å². The van der Waals surface area contributed by atoms with Gasteiger partial charge in [-0.25, -0.2) is 0 Å². The Hall–Kier alpha value is -2.21. The van der Waals surface area contributed by atoms with E-state index in [1.807, 2.05) is 0 Å². The number of hydrogen-bond acceptors (Lipinski definition) is 2. The Balaban J connectivity index is 2.14. The number of benzene rings is 2. The quantitative estimate of drug-likeness (QED) is 0.803. The largest absolute Gasteiger partial charge is 0.481 e. The summed E-state index contributed by atoms with van der Waals surface area (Å²) >= 11 is 5.77. The molecule has 0 aliphatic heterocycles. The standard InChI is InChI=1S/C17H15ClF3NO2/c1-2-15(24-12-9-7-11(18)8-10-12)16(23)22-14-6-4-3-5-13(14)17(19,20)21/h3-10,15H,2H2,1H3,(H,22,23)/t15-/m1/s1. The van der Waals surface area contributed by atoms with E-state index >= 15 is 0 Å². The van der Waals surface area contributed by atoms with Crippen molar-refractivity contribution in [2.24, 2.45) is 0 Å². The fourth-order valence-electron chi connectivity index (χ4n) is 2.05. The molecule has 0 aliphatic carbocycles. The van der Waals surface area contributed by atoms with Gasteiger partial charge in [0, 0.05) is 5.02 Å². The molecule has 0 aliphatic rings. The van der Waals surface area contributed by atoms with E-state index in [4.69, 9.17) is 16.3 Å². The summed E-state index contributed by atoms with van der Waals surface area (Å²) in [6.07, 6.45) is -5.18. The fraction of sp³-hybridized carbons (Fsp3) is 0.235. The Morgan fingerprint density at radius 1 is 1.17 bits per heavy atom. The summed E-state index contributed by atoms with van der Waals surface area (Å²) in [5, 5.41) is 2.80. The minimum Gasteiger partial charge on any atom is -0.481 e. The van der Waals surface area contributed by atoms with Gasteiger partial charge in [0.15, 0.2) is 6.10 Å². The summed E-state index contributed by atoms with van der Waals surface area (Å²) in [6, 6.07) is 11.2. The van der Waals surface area contributed by atoms with Crippen LogP contribution in [0.3, 0.4) is 0 Å². The van der Waals surface area contributed by atoms with E-state index in [1.54, 1.807) is 31.2 Å². The number of carbonyl (C=O) groups excluding carboxylic acids is 1. The average Bonchev–Trinajstić information content (AvgIpc) is 2.53. The number of hydrogen-bond donors (Lipinski definition) is 1. The Morgan fingerprint density at radius 2 is 1.79 bits per heavy atom. The molecule has 0 aromatic heterocycles. The molecule has 2 aromatic rings. The number of nitrogens with one attached hydrogen (secondary N) is 1. The summed E-state index contributed by atoms with van der Waals surface area (Å²) < 4.78 is 44.4. The van der Waals surface area contributed by atoms with Gasteiger partial charge >= 0.3 is 6.18 Å². The molecule has 0 unspecified atom stereocenters. The first kappa shape index (κ1) is 18.1. The van der Waals surface area contributed by atoms with Crippen molar-refractivity contribution >= 4 is 23.2 Å². The van der Waals surface area contributed by atoms with Gasteiger partial charge < -0.3 is 10.1 Å². The second kappa shape index (κ2) is 7.57. The van der Waals surface area contributed by atoms with Crippen molar-refractivity contribution in [1.29, 1.82) is 0 Å². The maximum absolute atomic E-state index is 13.0. The van der Waals surface area contributed by atoms with Gasteiger partial charge in [0.2, 0.25) is 0 Å². The Morgan fingerprint density at radius 3 is 2.38 bits per heavy atom. The molecule has 128 valence electrons. The number of halogens is 4. The van der Waals surface area contributed by atoms with Crippen molar-refractivity contribution < 1.29 is 22.7 Å². The number of ether oxygens (including phenoxy) is 1. The lowest BCUT2D eigenvalue weighted by atomic mass is 10.1. The maximum Gasteiger partial charge on any atom is 0.418 e. The van der Waals surface area contributed by atoms with Gasteiger partial charge in [0.1, 0.15) is 5.75 Å². The van der Waals surface area contributed by atoms with Crippen LogP contribution < -0.4 is 10.1 Å². The molecule has 0 saturated carbocycles. The number of para-hydroxylation sites is 1. The highest BCUT2D eigenvalue weighted by Gasteiger charge is 2.34. The predicted molar refractivity (Wildman–Crippen MR) is 86.2 cm³/mol. The van der Waals surface area contributed by atoms with Crippen LogP contribution in [0, 0.1) is 0 Å². The minimum atomic E-state index is -4.55. The van der Waals surface area contributed by atoms with Crippen LogP contribution in [-0.4, -0.2) is 12.0 Å². The van der Waals surface area contributed by atoms with Crippen molar-refractivity contribution in [1.82, 2.24) is 0 Å². The summed E-state index contributed by atoms with van der Waals surface area (Å²) in [5.41, 5.74) is -1.20. The summed E-state index contributed by atoms with van der Waals surface area (Å²) in [7, 11) is 0. The molecule has 1 amide bonds. The number of rotatable bonds is 5. The molecule has 24 heavy (non-hydrogen) atoms. The van der Waals surface area contributed by atoms with Crippen LogP contribution in [0.2, 0.25) is 5.02 Å². The molecule has 1 atom stereocenters. The van der Waals surface area contributed by atoms with Crippen molar-refractivity contribution in [3.63, 3.8) is 0 Å². The second-order valence-corrected chi connectivity index (χ2v) is 5.44. The zero-order valence-electron chi connectivity index (χ0n) is 12.7. The highest BCUT2D eigenvalue weighted by molar-refractivity contribution is 6.30. The Bertz CT molecular complexity index is 702. The fourth-order valence-corrected chi connectivity index (χ4v) is 2.18. The highest BCUT2D eigenvalue weighted by Crippen LogP contribution is 2.34. The molecular formula is C17H15ClF3NO2. The molecule has 7 heteroatoms. The minimum absolute atomic E-state index is 0.294. The molecule has 3 nitrogen and oxygen atoms in total. The predicted octanol–water partition coefficient (Wildman–Crippen LogP) is 5.15. The number of anilines is 1. The van der Waals surface area contributed by atoms with E-state index in [0.29, 0.717) is 17.2 Å². The zero-order valence-corrected chi connectivity index (χ0v) is 13.5. The Kier molecular flexibility index (Phi) is 5.72. The third-order valence-electron chi connectivity index (χ3n) is 3.25. The van der Waals surface area contributed by atoms with E-state index < -0.39 is 23.8 Å². The molecule has 0 heterocycles. The van der Waals surface area contributed by atoms with Crippen molar-refractivity contribution in [2.75, 3.05) is 5.32 Å². The lowest BCUT2D eigenvalue weighted by molar-refractivity contribution is -0.137. The van der Waals surface area contributed by atoms with Gasteiger partial charge in [-0.3, -0.25) is 4.79 Å². The van der Waals surface area contributed by atoms with E-state index in [2.05, 4.69) is 5.32 Å². The van der Waals surface area contributed by atoms with Gasteiger partial charge in [-0.2, -0.15) is 13.2 Å². The first-order valence-electron chi connectivity index (χ1n) is 7.20. The van der Waals surface area contributed by atoms with E-state index in [9.17, 15) is 18.0 Å². The van der Waals surface area contributed by atoms with Crippen molar-refractivity contribution in [3.8, 4) is 5.75 Å². The first-order chi connectivity index (χ1) is 11.3. The second-order valence-electron chi connectivity index (χ2n) is 5.00. The topological polar surface area (TPSA) is 38.3 Å². The van der Waals surface area contributed by atoms with Crippen LogP contribution in [0.4, 0.5) is 18.9 Å². The molecule has 0 fully saturated rings. The third-order valence-corrected chi connectivity index (χ3v) is 3.50. The van der Waals surface area contributed by atoms with Gasteiger partial charge in [-0.1, -0.05) is 30.7 Å². The Labute approximate surface area is 142 Å². The van der Waals surface area contributed by atoms with Crippen LogP contribution in [0.5, 0.6) is 5.75 Å². The van der Waals surface area contributed by atoms with E-state index in [1.165, 1.54) is 18.2 Å². The van der Waals surface area contributed by atoms with Crippen LogP contribution in [0.1, 0.15) is 18.9 Å². The molecule has 2 rings (SSSR count). The van der Waals surface area contributed by atoms with Gasteiger partial charge in [-0.05, 0) is 42.8 Å². The summed E-state index contributed by atoms with van der Waals surface area (Å²) in [4.78, 5) is 12.3. The molecule has 0 radical (unpaired) electrons. The van der Waals surface area contributed by atoms with Crippen LogP contribution in [-0.2, 0) is 11.0 Å². The van der Waals surface area contributed by atoms with Crippen molar-refractivity contribution in [2.45, 2.75) is 25.6 Å². The molecule has 0 spiro atoms.